The summed E-state index contributed by atoms with van der Waals surface area (Å²) in [5.74, 6) is 0. The summed E-state index contributed by atoms with van der Waals surface area (Å²) in [6.45, 7) is 6.56. The molecule has 0 radical (unpaired) electrons. The van der Waals surface area contributed by atoms with Gasteiger partial charge in [0.15, 0.2) is 0 Å². The molecule has 6 nitrogen and oxygen atoms in total. The molecular formula is C23H28ClN5O. The maximum atomic E-state index is 6.62. The first-order valence-corrected chi connectivity index (χ1v) is 11.3. The van der Waals surface area contributed by atoms with Gasteiger partial charge in [0.2, 0.25) is 0 Å². The summed E-state index contributed by atoms with van der Waals surface area (Å²) in [5.41, 5.74) is 3.22. The number of hydrogen-bond acceptors (Lipinski definition) is 5. The topological polar surface area (TPSA) is 46.4 Å². The first-order chi connectivity index (χ1) is 14.8. The molecular weight excluding hydrogens is 398 g/mol. The van der Waals surface area contributed by atoms with Gasteiger partial charge in [-0.1, -0.05) is 23.7 Å². The van der Waals surface area contributed by atoms with Crippen molar-refractivity contribution in [3.63, 3.8) is 0 Å². The lowest BCUT2D eigenvalue weighted by atomic mass is 10.1. The van der Waals surface area contributed by atoms with Gasteiger partial charge in [-0.2, -0.15) is 5.10 Å². The lowest BCUT2D eigenvalue weighted by molar-refractivity contribution is 0.0660. The van der Waals surface area contributed by atoms with Gasteiger partial charge in [0.1, 0.15) is 0 Å². The molecule has 0 aliphatic carbocycles. The number of rotatable bonds is 4. The van der Waals surface area contributed by atoms with Gasteiger partial charge < -0.3 is 9.64 Å². The highest BCUT2D eigenvalue weighted by molar-refractivity contribution is 6.34. The molecule has 30 heavy (non-hydrogen) atoms. The van der Waals surface area contributed by atoms with E-state index in [4.69, 9.17) is 21.4 Å². The van der Waals surface area contributed by atoms with E-state index in [1.165, 1.54) is 0 Å². The summed E-state index contributed by atoms with van der Waals surface area (Å²) < 4.78 is 7.62. The number of hydrogen-bond donors (Lipinski definition) is 0. The second-order valence-corrected chi connectivity index (χ2v) is 8.63. The fraction of sp³-hybridized carbons (Fsp3) is 0.478. The van der Waals surface area contributed by atoms with Crippen LogP contribution in [0.4, 0.5) is 5.69 Å². The van der Waals surface area contributed by atoms with Crippen molar-refractivity contribution < 1.29 is 4.74 Å². The number of nitrogens with zero attached hydrogens (tertiary/aromatic N) is 5. The molecule has 0 bridgehead atoms. The zero-order chi connectivity index (χ0) is 20.3. The van der Waals surface area contributed by atoms with E-state index in [2.05, 4.69) is 37.8 Å². The van der Waals surface area contributed by atoms with E-state index >= 15 is 0 Å². The molecule has 2 aliphatic heterocycles. The Morgan fingerprint density at radius 2 is 1.93 bits per heavy atom. The van der Waals surface area contributed by atoms with E-state index in [1.54, 1.807) is 0 Å². The SMILES string of the molecule is Clc1ccc2cccnc2c1N1CCCN(Cc2ccn(C3CCOCC3)n2)CC1. The average Bonchev–Trinajstić information content (AvgIpc) is 3.13. The van der Waals surface area contributed by atoms with Crippen molar-refractivity contribution in [1.29, 1.82) is 0 Å². The largest absolute Gasteiger partial charge is 0.381 e. The lowest BCUT2D eigenvalue weighted by Crippen LogP contribution is -2.31. The molecule has 2 saturated heterocycles. The zero-order valence-corrected chi connectivity index (χ0v) is 18.0. The van der Waals surface area contributed by atoms with E-state index in [1.807, 2.05) is 24.4 Å². The van der Waals surface area contributed by atoms with Gasteiger partial charge in [0.05, 0.1) is 28.0 Å². The summed E-state index contributed by atoms with van der Waals surface area (Å²) in [6.07, 6.45) is 7.19. The maximum absolute atomic E-state index is 6.62. The van der Waals surface area contributed by atoms with Crippen LogP contribution in [0.1, 0.15) is 31.0 Å². The van der Waals surface area contributed by atoms with E-state index in [-0.39, 0.29) is 0 Å². The predicted octanol–water partition coefficient (Wildman–Crippen LogP) is 4.15. The molecule has 0 N–H and O–H groups in total. The Labute approximate surface area is 182 Å². The van der Waals surface area contributed by atoms with Crippen molar-refractivity contribution in [3.05, 3.63) is 53.4 Å². The molecule has 7 heteroatoms. The number of pyridine rings is 1. The van der Waals surface area contributed by atoms with Crippen molar-refractivity contribution in [2.75, 3.05) is 44.3 Å². The van der Waals surface area contributed by atoms with Crippen molar-refractivity contribution in [2.45, 2.75) is 31.8 Å². The van der Waals surface area contributed by atoms with Crippen molar-refractivity contribution in [1.82, 2.24) is 19.7 Å². The van der Waals surface area contributed by atoms with Crippen LogP contribution in [-0.4, -0.2) is 59.1 Å². The maximum Gasteiger partial charge on any atom is 0.0950 e. The first-order valence-electron chi connectivity index (χ1n) is 10.9. The Balaban J connectivity index is 1.26. The minimum Gasteiger partial charge on any atom is -0.381 e. The van der Waals surface area contributed by atoms with Gasteiger partial charge in [-0.3, -0.25) is 14.6 Å². The molecule has 4 heterocycles. The van der Waals surface area contributed by atoms with Crippen molar-refractivity contribution >= 4 is 28.2 Å². The molecule has 3 aromatic rings. The molecule has 2 aliphatic rings. The summed E-state index contributed by atoms with van der Waals surface area (Å²) in [7, 11) is 0. The molecule has 0 spiro atoms. The number of fused-ring (bicyclic) bond motifs is 1. The first kappa shape index (κ1) is 19.8. The zero-order valence-electron chi connectivity index (χ0n) is 17.2. The van der Waals surface area contributed by atoms with E-state index in [9.17, 15) is 0 Å². The van der Waals surface area contributed by atoms with Gasteiger partial charge in [0, 0.05) is 63.7 Å². The quantitative estimate of drug-likeness (QED) is 0.628. The second-order valence-electron chi connectivity index (χ2n) is 8.22. The van der Waals surface area contributed by atoms with E-state index < -0.39 is 0 Å². The summed E-state index contributed by atoms with van der Waals surface area (Å²) in [6, 6.07) is 10.8. The Morgan fingerprint density at radius 1 is 1.03 bits per heavy atom. The van der Waals surface area contributed by atoms with Crippen LogP contribution in [0.5, 0.6) is 0 Å². The monoisotopic (exact) mass is 425 g/mol. The standard InChI is InChI=1S/C23H28ClN5O/c24-21-5-4-18-3-1-9-25-22(18)23(21)28-11-2-10-27(13-14-28)17-19-6-12-29(26-19)20-7-15-30-16-8-20/h1,3-6,9,12,20H,2,7-8,10-11,13-17H2. The molecule has 0 atom stereocenters. The fourth-order valence-electron chi connectivity index (χ4n) is 4.60. The van der Waals surface area contributed by atoms with Gasteiger partial charge in [-0.15, -0.1) is 0 Å². The summed E-state index contributed by atoms with van der Waals surface area (Å²) >= 11 is 6.62. The van der Waals surface area contributed by atoms with Gasteiger partial charge in [-0.05, 0) is 37.5 Å². The third-order valence-corrected chi connectivity index (χ3v) is 6.52. The van der Waals surface area contributed by atoms with Crippen LogP contribution in [0.15, 0.2) is 42.7 Å². The molecule has 2 fully saturated rings. The van der Waals surface area contributed by atoms with E-state index in [0.717, 1.165) is 92.5 Å². The van der Waals surface area contributed by atoms with Gasteiger partial charge in [-0.25, -0.2) is 0 Å². The highest BCUT2D eigenvalue weighted by Gasteiger charge is 2.21. The highest BCUT2D eigenvalue weighted by atomic mass is 35.5. The Kier molecular flexibility index (Phi) is 5.88. The second kappa shape index (κ2) is 8.92. The number of benzene rings is 1. The smallest absolute Gasteiger partial charge is 0.0950 e. The number of halogens is 1. The lowest BCUT2D eigenvalue weighted by Gasteiger charge is -2.25. The molecule has 158 valence electrons. The van der Waals surface area contributed by atoms with Crippen LogP contribution in [0.2, 0.25) is 5.02 Å². The molecule has 0 unspecified atom stereocenters. The summed E-state index contributed by atoms with van der Waals surface area (Å²) in [4.78, 5) is 9.52. The molecule has 0 amide bonds. The van der Waals surface area contributed by atoms with Crippen LogP contribution in [0, 0.1) is 0 Å². The normalized spacial score (nSPS) is 19.3. The number of aromatic nitrogens is 3. The Hall–Kier alpha value is -2.15. The van der Waals surface area contributed by atoms with Crippen LogP contribution < -0.4 is 4.90 Å². The van der Waals surface area contributed by atoms with Gasteiger partial charge in [0.25, 0.3) is 0 Å². The minimum atomic E-state index is 0.480. The molecule has 1 aromatic carbocycles. The number of anilines is 1. The molecule has 2 aromatic heterocycles. The summed E-state index contributed by atoms with van der Waals surface area (Å²) in [5, 5.41) is 6.78. The molecule has 0 saturated carbocycles. The fourth-order valence-corrected chi connectivity index (χ4v) is 4.87. The predicted molar refractivity (Wildman–Crippen MR) is 120 cm³/mol. The molecule has 5 rings (SSSR count). The highest BCUT2D eigenvalue weighted by Crippen LogP contribution is 2.33. The van der Waals surface area contributed by atoms with Crippen LogP contribution >= 0.6 is 11.6 Å². The van der Waals surface area contributed by atoms with Crippen molar-refractivity contribution in [2.24, 2.45) is 0 Å². The van der Waals surface area contributed by atoms with E-state index in [0.29, 0.717) is 6.04 Å². The third-order valence-electron chi connectivity index (χ3n) is 6.22. The Bertz CT molecular complexity index is 1000. The minimum absolute atomic E-state index is 0.480. The Morgan fingerprint density at radius 3 is 2.83 bits per heavy atom. The number of ether oxygens (including phenoxy) is 1. The van der Waals surface area contributed by atoms with Crippen molar-refractivity contribution in [3.8, 4) is 0 Å². The average molecular weight is 426 g/mol. The van der Waals surface area contributed by atoms with Gasteiger partial charge >= 0.3 is 0 Å². The van der Waals surface area contributed by atoms with Crippen LogP contribution in [-0.2, 0) is 11.3 Å². The van der Waals surface area contributed by atoms with Crippen LogP contribution in [0.25, 0.3) is 10.9 Å². The van der Waals surface area contributed by atoms with Crippen LogP contribution in [0.3, 0.4) is 0 Å². The third kappa shape index (κ3) is 4.17.